The second-order valence-electron chi connectivity index (χ2n) is 6.35. The molecule has 2 aromatic rings. The smallest absolute Gasteiger partial charge is 0.328 e. The van der Waals surface area contributed by atoms with Gasteiger partial charge >= 0.3 is 5.97 Å². The van der Waals surface area contributed by atoms with Crippen LogP contribution in [-0.2, 0) is 11.3 Å². The van der Waals surface area contributed by atoms with Crippen LogP contribution in [0.25, 0.3) is 6.08 Å². The molecule has 0 amide bonds. The third kappa shape index (κ3) is 5.54. The molecule has 26 heavy (non-hydrogen) atoms. The Hall–Kier alpha value is -2.44. The van der Waals surface area contributed by atoms with E-state index in [0.717, 1.165) is 43.6 Å². The van der Waals surface area contributed by atoms with E-state index >= 15 is 0 Å². The highest BCUT2D eigenvalue weighted by Crippen LogP contribution is 2.18. The Morgan fingerprint density at radius 3 is 3.00 bits per heavy atom. The van der Waals surface area contributed by atoms with Crippen molar-refractivity contribution in [2.45, 2.75) is 25.4 Å². The minimum absolute atomic E-state index is 0.303. The summed E-state index contributed by atoms with van der Waals surface area (Å²) < 4.78 is 0. The number of piperidine rings is 1. The van der Waals surface area contributed by atoms with Crippen molar-refractivity contribution in [2.75, 3.05) is 18.4 Å². The van der Waals surface area contributed by atoms with Crippen LogP contribution in [-0.4, -0.2) is 45.1 Å². The van der Waals surface area contributed by atoms with E-state index in [1.165, 1.54) is 11.6 Å². The van der Waals surface area contributed by atoms with Crippen LogP contribution >= 0.6 is 11.6 Å². The number of hydrogen-bond donors (Lipinski definition) is 2. The highest BCUT2D eigenvalue weighted by molar-refractivity contribution is 6.30. The van der Waals surface area contributed by atoms with E-state index in [1.807, 2.05) is 18.2 Å². The number of aliphatic carboxylic acids is 1. The molecular formula is C19H21ClN4O2. The van der Waals surface area contributed by atoms with Crippen molar-refractivity contribution in [3.63, 3.8) is 0 Å². The average Bonchev–Trinajstić information content (AvgIpc) is 2.61. The van der Waals surface area contributed by atoms with Crippen molar-refractivity contribution < 1.29 is 9.90 Å². The van der Waals surface area contributed by atoms with Crippen molar-refractivity contribution in [1.82, 2.24) is 14.9 Å². The number of rotatable bonds is 6. The van der Waals surface area contributed by atoms with E-state index in [-0.39, 0.29) is 0 Å². The van der Waals surface area contributed by atoms with Gasteiger partial charge in [-0.15, -0.1) is 0 Å². The van der Waals surface area contributed by atoms with Crippen molar-refractivity contribution in [2.24, 2.45) is 0 Å². The number of likely N-dealkylation sites (tertiary alicyclic amines) is 1. The van der Waals surface area contributed by atoms with Gasteiger partial charge in [-0.1, -0.05) is 23.7 Å². The van der Waals surface area contributed by atoms with Crippen molar-refractivity contribution in [3.8, 4) is 0 Å². The molecule has 0 aliphatic carbocycles. The summed E-state index contributed by atoms with van der Waals surface area (Å²) in [6.45, 7) is 2.87. The maximum absolute atomic E-state index is 10.5. The van der Waals surface area contributed by atoms with Gasteiger partial charge in [-0.3, -0.25) is 9.88 Å². The molecule has 1 saturated heterocycles. The molecule has 1 fully saturated rings. The number of aromatic nitrogens is 2. The van der Waals surface area contributed by atoms with E-state index in [4.69, 9.17) is 16.7 Å². The molecule has 1 aliphatic heterocycles. The fourth-order valence-corrected chi connectivity index (χ4v) is 3.29. The predicted molar refractivity (Wildman–Crippen MR) is 102 cm³/mol. The molecule has 0 radical (unpaired) electrons. The minimum Gasteiger partial charge on any atom is -0.478 e. The number of halogens is 1. The number of nitrogens with one attached hydrogen (secondary N) is 1. The van der Waals surface area contributed by atoms with Gasteiger partial charge in [-0.25, -0.2) is 9.78 Å². The lowest BCUT2D eigenvalue weighted by molar-refractivity contribution is -0.131. The van der Waals surface area contributed by atoms with Crippen LogP contribution in [0.1, 0.15) is 24.1 Å². The van der Waals surface area contributed by atoms with Gasteiger partial charge in [0, 0.05) is 30.2 Å². The number of carboxylic acids is 1. The maximum atomic E-state index is 10.5. The average molecular weight is 373 g/mol. The van der Waals surface area contributed by atoms with Gasteiger partial charge < -0.3 is 10.4 Å². The van der Waals surface area contributed by atoms with Crippen LogP contribution < -0.4 is 5.32 Å². The van der Waals surface area contributed by atoms with E-state index < -0.39 is 5.97 Å². The Morgan fingerprint density at radius 1 is 1.38 bits per heavy atom. The molecule has 1 aliphatic rings. The summed E-state index contributed by atoms with van der Waals surface area (Å²) in [4.78, 5) is 21.5. The molecule has 0 saturated carbocycles. The highest BCUT2D eigenvalue weighted by Gasteiger charge is 2.20. The Bertz CT molecular complexity index is 779. The molecule has 1 aromatic carbocycles. The van der Waals surface area contributed by atoms with E-state index in [0.29, 0.717) is 17.6 Å². The van der Waals surface area contributed by atoms with Gasteiger partial charge in [0.1, 0.15) is 5.82 Å². The number of carboxylic acid groups (broad SMARTS) is 1. The van der Waals surface area contributed by atoms with Gasteiger partial charge in [0.25, 0.3) is 0 Å². The third-order valence-corrected chi connectivity index (χ3v) is 4.46. The molecular weight excluding hydrogens is 352 g/mol. The maximum Gasteiger partial charge on any atom is 0.328 e. The largest absolute Gasteiger partial charge is 0.478 e. The molecule has 136 valence electrons. The van der Waals surface area contributed by atoms with Crippen LogP contribution in [0.15, 0.2) is 42.7 Å². The lowest BCUT2D eigenvalue weighted by atomic mass is 10.0. The van der Waals surface area contributed by atoms with E-state index in [2.05, 4.69) is 26.3 Å². The van der Waals surface area contributed by atoms with Crippen molar-refractivity contribution in [3.05, 3.63) is 59.0 Å². The first-order chi connectivity index (χ1) is 12.6. The summed E-state index contributed by atoms with van der Waals surface area (Å²) in [7, 11) is 0. The molecule has 1 aromatic heterocycles. The highest BCUT2D eigenvalue weighted by atomic mass is 35.5. The summed E-state index contributed by atoms with van der Waals surface area (Å²) in [5, 5.41) is 12.8. The van der Waals surface area contributed by atoms with Crippen LogP contribution in [0, 0.1) is 0 Å². The summed E-state index contributed by atoms with van der Waals surface area (Å²) >= 11 is 6.07. The minimum atomic E-state index is -1.00. The second-order valence-corrected chi connectivity index (χ2v) is 6.78. The summed E-state index contributed by atoms with van der Waals surface area (Å²) in [6.07, 6.45) is 7.86. The molecule has 2 N–H and O–H groups in total. The number of anilines is 1. The van der Waals surface area contributed by atoms with Crippen LogP contribution in [0.4, 0.5) is 5.82 Å². The molecule has 0 spiro atoms. The topological polar surface area (TPSA) is 78.3 Å². The standard InChI is InChI=1S/C19H21ClN4O2/c20-15-4-1-3-14(9-15)12-24-8-2-5-17(13-24)23-18-11-21-16(10-22-18)6-7-19(25)26/h1,3-4,6-7,9-11,17H,2,5,8,12-13H2,(H,22,23)(H,25,26)/b7-6+/t17-/m1/s1. The van der Waals surface area contributed by atoms with Gasteiger partial charge in [0.05, 0.1) is 18.1 Å². The Labute approximate surface area is 157 Å². The fourth-order valence-electron chi connectivity index (χ4n) is 3.07. The van der Waals surface area contributed by atoms with E-state index in [9.17, 15) is 4.79 Å². The summed E-state index contributed by atoms with van der Waals surface area (Å²) in [5.41, 5.74) is 1.73. The zero-order chi connectivity index (χ0) is 18.4. The monoisotopic (exact) mass is 372 g/mol. The Morgan fingerprint density at radius 2 is 2.27 bits per heavy atom. The molecule has 2 heterocycles. The number of nitrogens with zero attached hydrogens (tertiary/aromatic N) is 3. The molecule has 0 unspecified atom stereocenters. The number of carbonyl (C=O) groups is 1. The quantitative estimate of drug-likeness (QED) is 0.757. The zero-order valence-electron chi connectivity index (χ0n) is 14.3. The number of hydrogen-bond acceptors (Lipinski definition) is 5. The van der Waals surface area contributed by atoms with Gasteiger partial charge in [0.2, 0.25) is 0 Å². The lowest BCUT2D eigenvalue weighted by Gasteiger charge is -2.33. The van der Waals surface area contributed by atoms with Crippen LogP contribution in [0.2, 0.25) is 5.02 Å². The second kappa shape index (κ2) is 8.78. The summed E-state index contributed by atoms with van der Waals surface area (Å²) in [6, 6.07) is 8.27. The van der Waals surface area contributed by atoms with Crippen LogP contribution in [0.3, 0.4) is 0 Å². The molecule has 7 heteroatoms. The first kappa shape index (κ1) is 18.4. The SMILES string of the molecule is O=C(O)/C=C/c1cnc(N[C@@H]2CCCN(Cc3cccc(Cl)c3)C2)cn1. The van der Waals surface area contributed by atoms with Gasteiger partial charge in [0.15, 0.2) is 0 Å². The van der Waals surface area contributed by atoms with E-state index in [1.54, 1.807) is 12.4 Å². The molecule has 6 nitrogen and oxygen atoms in total. The molecule has 0 bridgehead atoms. The van der Waals surface area contributed by atoms with Gasteiger partial charge in [-0.05, 0) is 43.2 Å². The first-order valence-corrected chi connectivity index (χ1v) is 8.93. The Balaban J connectivity index is 1.55. The zero-order valence-corrected chi connectivity index (χ0v) is 15.1. The van der Waals surface area contributed by atoms with Crippen LogP contribution in [0.5, 0.6) is 0 Å². The van der Waals surface area contributed by atoms with Gasteiger partial charge in [-0.2, -0.15) is 0 Å². The third-order valence-electron chi connectivity index (χ3n) is 4.22. The first-order valence-electron chi connectivity index (χ1n) is 8.55. The lowest BCUT2D eigenvalue weighted by Crippen LogP contribution is -2.41. The normalized spacial score (nSPS) is 18.1. The summed E-state index contributed by atoms with van der Waals surface area (Å²) in [5.74, 6) is -0.303. The molecule has 3 rings (SSSR count). The Kier molecular flexibility index (Phi) is 6.20. The van der Waals surface area contributed by atoms with Crippen molar-refractivity contribution >= 4 is 29.5 Å². The molecule has 1 atom stereocenters. The van der Waals surface area contributed by atoms with Crippen molar-refractivity contribution in [1.29, 1.82) is 0 Å². The predicted octanol–water partition coefficient (Wildman–Crippen LogP) is 3.30. The number of benzene rings is 1. The fraction of sp³-hybridized carbons (Fsp3) is 0.316.